The van der Waals surface area contributed by atoms with Crippen LogP contribution in [0.4, 0.5) is 0 Å². The van der Waals surface area contributed by atoms with Crippen LogP contribution in [0.3, 0.4) is 0 Å². The first-order chi connectivity index (χ1) is 11.6. The molecule has 6 nitrogen and oxygen atoms in total. The fraction of sp³-hybridized carbons (Fsp3) is 0.0667. The summed E-state index contributed by atoms with van der Waals surface area (Å²) in [5, 5.41) is 27.4. The zero-order chi connectivity index (χ0) is 19.3. The molecular weight excluding hydrogens is 784 g/mol. The van der Waals surface area contributed by atoms with Crippen molar-refractivity contribution >= 4 is 102 Å². The molecule has 3 N–H and O–H groups in total. The van der Waals surface area contributed by atoms with E-state index in [4.69, 9.17) is 5.11 Å². The van der Waals surface area contributed by atoms with Crippen molar-refractivity contribution in [2.45, 2.75) is 0 Å². The van der Waals surface area contributed by atoms with E-state index in [1.54, 1.807) is 12.1 Å². The van der Waals surface area contributed by atoms with Gasteiger partial charge in [-0.25, -0.2) is 9.59 Å². The largest absolute Gasteiger partial charge is 0.506 e. The highest BCUT2D eigenvalue weighted by molar-refractivity contribution is 14.1. The number of halogens is 4. The van der Waals surface area contributed by atoms with Gasteiger partial charge in [-0.15, -0.1) is 0 Å². The van der Waals surface area contributed by atoms with Crippen molar-refractivity contribution in [3.05, 3.63) is 49.7 Å². The number of phenolic OH excluding ortho intramolecular Hbond substituents is 2. The number of hydrogen-bond acceptors (Lipinski definition) is 5. The van der Waals surface area contributed by atoms with Crippen molar-refractivity contribution in [2.24, 2.45) is 0 Å². The maximum absolute atomic E-state index is 11.1. The third-order valence-electron chi connectivity index (χ3n) is 2.70. The first-order valence-electron chi connectivity index (χ1n) is 6.26. The number of aromatic hydroxyl groups is 2. The van der Waals surface area contributed by atoms with Crippen LogP contribution < -0.4 is 0 Å². The van der Waals surface area contributed by atoms with E-state index < -0.39 is 11.9 Å². The van der Waals surface area contributed by atoms with Crippen molar-refractivity contribution in [3.63, 3.8) is 0 Å². The smallest absolute Gasteiger partial charge is 0.337 e. The molecule has 0 radical (unpaired) electrons. The summed E-state index contributed by atoms with van der Waals surface area (Å²) in [6.07, 6.45) is 0. The molecule has 2 aromatic carbocycles. The van der Waals surface area contributed by atoms with E-state index in [0.29, 0.717) is 19.8 Å². The number of phenols is 2. The van der Waals surface area contributed by atoms with Crippen molar-refractivity contribution in [3.8, 4) is 11.5 Å². The molecule has 0 saturated carbocycles. The third kappa shape index (κ3) is 6.53. The molecule has 0 bridgehead atoms. The highest BCUT2D eigenvalue weighted by atomic mass is 127. The Morgan fingerprint density at radius 1 is 0.800 bits per heavy atom. The van der Waals surface area contributed by atoms with Crippen LogP contribution in [0.25, 0.3) is 0 Å². The fourth-order valence-electron chi connectivity index (χ4n) is 1.49. The van der Waals surface area contributed by atoms with Gasteiger partial charge in [0.1, 0.15) is 11.5 Å². The topological polar surface area (TPSA) is 104 Å². The highest BCUT2D eigenvalue weighted by Gasteiger charge is 2.11. The molecule has 0 aliphatic carbocycles. The normalized spacial score (nSPS) is 9.80. The van der Waals surface area contributed by atoms with Crippen molar-refractivity contribution in [1.82, 2.24) is 0 Å². The predicted molar refractivity (Wildman–Crippen MR) is 125 cm³/mol. The average Bonchev–Trinajstić information content (AvgIpc) is 2.56. The number of rotatable bonds is 2. The molecule has 0 amide bonds. The minimum absolute atomic E-state index is 0.140. The van der Waals surface area contributed by atoms with Crippen LogP contribution in [-0.2, 0) is 4.74 Å². The van der Waals surface area contributed by atoms with Gasteiger partial charge in [0.25, 0.3) is 0 Å². The Hall–Kier alpha value is -0.100. The van der Waals surface area contributed by atoms with Crippen molar-refractivity contribution in [1.29, 1.82) is 0 Å². The molecule has 0 spiro atoms. The second-order valence-electron chi connectivity index (χ2n) is 4.37. The van der Waals surface area contributed by atoms with E-state index in [2.05, 4.69) is 4.74 Å². The minimum atomic E-state index is -0.981. The SMILES string of the molecule is COC(=O)c1cc(I)c(O)c(I)c1.O=C(O)c1cc(I)c(O)c(I)c1. The molecule has 0 fully saturated rings. The Morgan fingerprint density at radius 3 is 1.40 bits per heavy atom. The first kappa shape index (κ1) is 22.9. The summed E-state index contributed by atoms with van der Waals surface area (Å²) in [6, 6.07) is 6.04. The number of methoxy groups -OCH3 is 1. The Kier molecular flexibility index (Phi) is 9.44. The zero-order valence-corrected chi connectivity index (χ0v) is 21.0. The summed E-state index contributed by atoms with van der Waals surface area (Å²) in [6.45, 7) is 0. The van der Waals surface area contributed by atoms with Crippen LogP contribution in [0.2, 0.25) is 0 Å². The number of ether oxygens (including phenoxy) is 1. The summed E-state index contributed by atoms with van der Waals surface area (Å²) in [4.78, 5) is 21.6. The maximum atomic E-state index is 11.1. The van der Waals surface area contributed by atoms with Crippen LogP contribution in [0.15, 0.2) is 24.3 Å². The number of aromatic carboxylic acids is 1. The number of carboxylic acid groups (broad SMARTS) is 1. The molecular formula is C15H10I4O6. The molecule has 2 aromatic rings. The molecule has 0 aromatic heterocycles. The van der Waals surface area contributed by atoms with Crippen LogP contribution in [0, 0.1) is 14.3 Å². The quantitative estimate of drug-likeness (QED) is 0.302. The highest BCUT2D eigenvalue weighted by Crippen LogP contribution is 2.28. The third-order valence-corrected chi connectivity index (χ3v) is 5.99. The van der Waals surface area contributed by atoms with Crippen molar-refractivity contribution in [2.75, 3.05) is 7.11 Å². The van der Waals surface area contributed by atoms with Gasteiger partial charge in [0, 0.05) is 0 Å². The van der Waals surface area contributed by atoms with Gasteiger partial charge in [-0.1, -0.05) is 0 Å². The van der Waals surface area contributed by atoms with E-state index in [9.17, 15) is 19.8 Å². The molecule has 10 heteroatoms. The Labute approximate surface area is 197 Å². The molecule has 0 saturated heterocycles. The molecule has 0 aliphatic rings. The van der Waals surface area contributed by atoms with Gasteiger partial charge >= 0.3 is 11.9 Å². The minimum Gasteiger partial charge on any atom is -0.506 e. The van der Waals surface area contributed by atoms with E-state index in [-0.39, 0.29) is 17.1 Å². The second-order valence-corrected chi connectivity index (χ2v) is 9.02. The summed E-state index contributed by atoms with van der Waals surface area (Å²) in [5.41, 5.74) is 0.649. The van der Waals surface area contributed by atoms with Gasteiger partial charge in [-0.2, -0.15) is 0 Å². The van der Waals surface area contributed by atoms with Gasteiger partial charge in [0.15, 0.2) is 0 Å². The Bertz CT molecular complexity index is 776. The van der Waals surface area contributed by atoms with Crippen LogP contribution in [0.5, 0.6) is 11.5 Å². The number of benzene rings is 2. The average molecular weight is 794 g/mol. The summed E-state index contributed by atoms with van der Waals surface area (Å²) in [5.74, 6) is -1.03. The van der Waals surface area contributed by atoms with Crippen LogP contribution >= 0.6 is 90.4 Å². The predicted octanol–water partition coefficient (Wildman–Crippen LogP) is 4.69. The first-order valence-corrected chi connectivity index (χ1v) is 10.6. The monoisotopic (exact) mass is 794 g/mol. The molecule has 0 aliphatic heterocycles. The lowest BCUT2D eigenvalue weighted by molar-refractivity contribution is 0.0599. The Balaban J connectivity index is 0.000000251. The number of carboxylic acids is 1. The van der Waals surface area contributed by atoms with Gasteiger partial charge in [-0.05, 0) is 115 Å². The number of carbonyl (C=O) groups is 2. The number of carbonyl (C=O) groups excluding carboxylic acids is 1. The number of esters is 1. The van der Waals surface area contributed by atoms with Gasteiger partial charge in [0.05, 0.1) is 32.5 Å². The van der Waals surface area contributed by atoms with E-state index in [1.807, 2.05) is 90.4 Å². The molecule has 0 atom stereocenters. The lowest BCUT2D eigenvalue weighted by Gasteiger charge is -2.03. The molecule has 134 valence electrons. The summed E-state index contributed by atoms with van der Waals surface area (Å²) < 4.78 is 6.95. The fourth-order valence-corrected chi connectivity index (χ4v) is 5.03. The van der Waals surface area contributed by atoms with Crippen LogP contribution in [0.1, 0.15) is 20.7 Å². The summed E-state index contributed by atoms with van der Waals surface area (Å²) in [7, 11) is 1.33. The maximum Gasteiger partial charge on any atom is 0.337 e. The summed E-state index contributed by atoms with van der Waals surface area (Å²) >= 11 is 7.71. The van der Waals surface area contributed by atoms with E-state index in [1.165, 1.54) is 19.2 Å². The molecule has 0 heterocycles. The lowest BCUT2D eigenvalue weighted by atomic mass is 10.2. The van der Waals surface area contributed by atoms with Gasteiger partial charge < -0.3 is 20.1 Å². The number of hydrogen-bond donors (Lipinski definition) is 3. The second kappa shape index (κ2) is 10.3. The van der Waals surface area contributed by atoms with E-state index >= 15 is 0 Å². The molecule has 2 rings (SSSR count). The molecule has 0 unspecified atom stereocenters. The molecule has 25 heavy (non-hydrogen) atoms. The van der Waals surface area contributed by atoms with Gasteiger partial charge in [0.2, 0.25) is 0 Å². The zero-order valence-electron chi connectivity index (χ0n) is 12.4. The van der Waals surface area contributed by atoms with Gasteiger partial charge in [-0.3, -0.25) is 0 Å². The van der Waals surface area contributed by atoms with E-state index in [0.717, 1.165) is 0 Å². The lowest BCUT2D eigenvalue weighted by Crippen LogP contribution is -2.02. The Morgan fingerprint density at radius 2 is 1.12 bits per heavy atom. The standard InChI is InChI=1S/C8H6I2O3.C7H4I2O3/c1-13-8(12)4-2-5(9)7(11)6(10)3-4;8-4-1-3(7(11)12)2-5(9)6(4)10/h2-3,11H,1H3;1-2,10H,(H,11,12). The van der Waals surface area contributed by atoms with Crippen molar-refractivity contribution < 1.29 is 29.6 Å². The van der Waals surface area contributed by atoms with Crippen LogP contribution in [-0.4, -0.2) is 34.4 Å².